The van der Waals surface area contributed by atoms with Crippen LogP contribution in [0.4, 0.5) is 0 Å². The summed E-state index contributed by atoms with van der Waals surface area (Å²) < 4.78 is 0. The molecular weight excluding hydrogens is 146 g/mol. The molecule has 0 amide bonds. The van der Waals surface area contributed by atoms with E-state index in [9.17, 15) is 4.79 Å². The highest BCUT2D eigenvalue weighted by molar-refractivity contribution is 5.55. The minimum absolute atomic E-state index is 0.0188. The molecule has 0 radical (unpaired) electrons. The molecule has 2 atom stereocenters. The molecule has 0 spiro atoms. The SMILES string of the molecule is O=CC(O)N1CCCC1CO. The lowest BCUT2D eigenvalue weighted by Gasteiger charge is -2.24. The summed E-state index contributed by atoms with van der Waals surface area (Å²) >= 11 is 0. The summed E-state index contributed by atoms with van der Waals surface area (Å²) in [5.41, 5.74) is 0. The molecule has 1 aliphatic rings. The Morgan fingerprint density at radius 2 is 2.45 bits per heavy atom. The molecule has 1 heterocycles. The Morgan fingerprint density at radius 3 is 3.00 bits per heavy atom. The Bertz CT molecular complexity index is 140. The summed E-state index contributed by atoms with van der Waals surface area (Å²) in [6.45, 7) is 0.718. The van der Waals surface area contributed by atoms with Crippen LogP contribution in [0.5, 0.6) is 0 Å². The second-order valence-electron chi connectivity index (χ2n) is 2.77. The van der Waals surface area contributed by atoms with Crippen molar-refractivity contribution in [1.29, 1.82) is 0 Å². The van der Waals surface area contributed by atoms with Crippen molar-refractivity contribution >= 4 is 6.29 Å². The van der Waals surface area contributed by atoms with Crippen molar-refractivity contribution in [1.82, 2.24) is 4.90 Å². The van der Waals surface area contributed by atoms with Crippen molar-refractivity contribution in [2.75, 3.05) is 13.2 Å². The van der Waals surface area contributed by atoms with E-state index in [1.807, 2.05) is 0 Å². The van der Waals surface area contributed by atoms with Gasteiger partial charge in [-0.25, -0.2) is 0 Å². The molecular formula is C7H13NO3. The predicted molar refractivity (Wildman–Crippen MR) is 38.9 cm³/mol. The Balaban J connectivity index is 2.48. The highest BCUT2D eigenvalue weighted by Crippen LogP contribution is 2.17. The fourth-order valence-electron chi connectivity index (χ4n) is 1.48. The normalized spacial score (nSPS) is 28.7. The van der Waals surface area contributed by atoms with Crippen LogP contribution >= 0.6 is 0 Å². The van der Waals surface area contributed by atoms with Gasteiger partial charge in [-0.2, -0.15) is 0 Å². The maximum atomic E-state index is 10.2. The molecule has 2 unspecified atom stereocenters. The number of aliphatic hydroxyl groups is 2. The average Bonchev–Trinajstić information content (AvgIpc) is 2.50. The summed E-state index contributed by atoms with van der Waals surface area (Å²) in [4.78, 5) is 11.8. The van der Waals surface area contributed by atoms with Gasteiger partial charge in [-0.15, -0.1) is 0 Å². The smallest absolute Gasteiger partial charge is 0.164 e. The first-order valence-electron chi connectivity index (χ1n) is 3.79. The lowest BCUT2D eigenvalue weighted by molar-refractivity contribution is -0.125. The van der Waals surface area contributed by atoms with Gasteiger partial charge in [0.15, 0.2) is 12.5 Å². The number of aldehydes is 1. The van der Waals surface area contributed by atoms with E-state index in [1.165, 1.54) is 0 Å². The van der Waals surface area contributed by atoms with Gasteiger partial charge in [0.1, 0.15) is 0 Å². The van der Waals surface area contributed by atoms with Crippen LogP contribution in [0.1, 0.15) is 12.8 Å². The molecule has 0 aromatic carbocycles. The van der Waals surface area contributed by atoms with Crippen LogP contribution in [0.3, 0.4) is 0 Å². The van der Waals surface area contributed by atoms with Crippen molar-refractivity contribution in [2.45, 2.75) is 25.1 Å². The molecule has 64 valence electrons. The van der Waals surface area contributed by atoms with Gasteiger partial charge in [0, 0.05) is 12.6 Å². The average molecular weight is 159 g/mol. The fraction of sp³-hybridized carbons (Fsp3) is 0.857. The third-order valence-corrected chi connectivity index (χ3v) is 2.09. The second kappa shape index (κ2) is 3.80. The molecule has 0 saturated carbocycles. The van der Waals surface area contributed by atoms with Gasteiger partial charge in [0.05, 0.1) is 6.61 Å². The molecule has 1 aliphatic heterocycles. The molecule has 2 N–H and O–H groups in total. The molecule has 0 aromatic rings. The van der Waals surface area contributed by atoms with Crippen molar-refractivity contribution in [3.05, 3.63) is 0 Å². The van der Waals surface area contributed by atoms with E-state index in [4.69, 9.17) is 10.2 Å². The minimum atomic E-state index is -1.03. The largest absolute Gasteiger partial charge is 0.395 e. The lowest BCUT2D eigenvalue weighted by Crippen LogP contribution is -2.41. The summed E-state index contributed by atoms with van der Waals surface area (Å²) in [6, 6.07) is -0.0322. The molecule has 1 rings (SSSR count). The molecule has 1 saturated heterocycles. The molecule has 4 heteroatoms. The number of hydrogen-bond donors (Lipinski definition) is 2. The fourth-order valence-corrected chi connectivity index (χ4v) is 1.48. The molecule has 1 fully saturated rings. The predicted octanol–water partition coefficient (Wildman–Crippen LogP) is -1.04. The maximum Gasteiger partial charge on any atom is 0.164 e. The monoisotopic (exact) mass is 159 g/mol. The van der Waals surface area contributed by atoms with Crippen LogP contribution in [-0.4, -0.2) is 46.8 Å². The van der Waals surface area contributed by atoms with Gasteiger partial charge in [0.25, 0.3) is 0 Å². The van der Waals surface area contributed by atoms with E-state index in [0.717, 1.165) is 12.8 Å². The van der Waals surface area contributed by atoms with E-state index in [0.29, 0.717) is 12.8 Å². The number of hydrogen-bond acceptors (Lipinski definition) is 4. The quantitative estimate of drug-likeness (QED) is 0.516. The van der Waals surface area contributed by atoms with E-state index < -0.39 is 6.23 Å². The van der Waals surface area contributed by atoms with E-state index in [1.54, 1.807) is 4.90 Å². The third-order valence-electron chi connectivity index (χ3n) is 2.09. The second-order valence-corrected chi connectivity index (χ2v) is 2.77. The molecule has 11 heavy (non-hydrogen) atoms. The van der Waals surface area contributed by atoms with Gasteiger partial charge in [-0.3, -0.25) is 9.69 Å². The topological polar surface area (TPSA) is 60.8 Å². The van der Waals surface area contributed by atoms with Gasteiger partial charge >= 0.3 is 0 Å². The van der Waals surface area contributed by atoms with Crippen LogP contribution in [0, 0.1) is 0 Å². The number of likely N-dealkylation sites (tertiary alicyclic amines) is 1. The first-order chi connectivity index (χ1) is 5.29. The zero-order valence-corrected chi connectivity index (χ0v) is 6.31. The van der Waals surface area contributed by atoms with Crippen LogP contribution in [0.2, 0.25) is 0 Å². The molecule has 0 aliphatic carbocycles. The number of rotatable bonds is 3. The standard InChI is InChI=1S/C7H13NO3/c9-4-6-2-1-3-8(6)7(11)5-10/h5-7,9,11H,1-4H2. The Labute approximate surface area is 65.4 Å². The summed E-state index contributed by atoms with van der Waals surface area (Å²) in [7, 11) is 0. The van der Waals surface area contributed by atoms with Crippen LogP contribution in [-0.2, 0) is 4.79 Å². The summed E-state index contributed by atoms with van der Waals surface area (Å²) in [5, 5.41) is 17.9. The third kappa shape index (κ3) is 1.77. The van der Waals surface area contributed by atoms with Gasteiger partial charge in [-0.1, -0.05) is 0 Å². The van der Waals surface area contributed by atoms with Crippen molar-refractivity contribution < 1.29 is 15.0 Å². The van der Waals surface area contributed by atoms with Gasteiger partial charge in [-0.05, 0) is 12.8 Å². The summed E-state index contributed by atoms with van der Waals surface area (Å²) in [6.07, 6.45) is 1.26. The highest BCUT2D eigenvalue weighted by Gasteiger charge is 2.28. The molecule has 0 aromatic heterocycles. The van der Waals surface area contributed by atoms with E-state index >= 15 is 0 Å². The zero-order chi connectivity index (χ0) is 8.27. The number of carbonyl (C=O) groups excluding carboxylic acids is 1. The number of carbonyl (C=O) groups is 1. The summed E-state index contributed by atoms with van der Waals surface area (Å²) in [5.74, 6) is 0. The van der Waals surface area contributed by atoms with Crippen LogP contribution < -0.4 is 0 Å². The Hall–Kier alpha value is -0.450. The minimum Gasteiger partial charge on any atom is -0.395 e. The lowest BCUT2D eigenvalue weighted by atomic mass is 10.2. The van der Waals surface area contributed by atoms with Crippen molar-refractivity contribution in [3.8, 4) is 0 Å². The van der Waals surface area contributed by atoms with E-state index in [-0.39, 0.29) is 12.6 Å². The molecule has 4 nitrogen and oxygen atoms in total. The van der Waals surface area contributed by atoms with Gasteiger partial charge < -0.3 is 10.2 Å². The molecule has 0 bridgehead atoms. The van der Waals surface area contributed by atoms with Crippen molar-refractivity contribution in [3.63, 3.8) is 0 Å². The number of aliphatic hydroxyl groups excluding tert-OH is 2. The maximum absolute atomic E-state index is 10.2. The first kappa shape index (κ1) is 8.64. The van der Waals surface area contributed by atoms with Crippen molar-refractivity contribution in [2.24, 2.45) is 0 Å². The Kier molecular flexibility index (Phi) is 2.99. The van der Waals surface area contributed by atoms with E-state index in [2.05, 4.69) is 0 Å². The number of nitrogens with zero attached hydrogens (tertiary/aromatic N) is 1. The zero-order valence-electron chi connectivity index (χ0n) is 6.31. The van der Waals surface area contributed by atoms with Gasteiger partial charge in [0.2, 0.25) is 0 Å². The van der Waals surface area contributed by atoms with Crippen LogP contribution in [0.15, 0.2) is 0 Å². The van der Waals surface area contributed by atoms with Crippen LogP contribution in [0.25, 0.3) is 0 Å². The highest BCUT2D eigenvalue weighted by atomic mass is 16.3. The Morgan fingerprint density at radius 1 is 1.73 bits per heavy atom. The first-order valence-corrected chi connectivity index (χ1v) is 3.79.